The topological polar surface area (TPSA) is 47.1 Å². The molecule has 1 aliphatic rings. The Balaban J connectivity index is 2.04. The second-order valence-corrected chi connectivity index (χ2v) is 5.66. The molecule has 0 saturated heterocycles. The zero-order valence-corrected chi connectivity index (χ0v) is 12.4. The minimum atomic E-state index is 0.720. The maximum absolute atomic E-state index is 5.80. The predicted molar refractivity (Wildman–Crippen MR) is 78.9 cm³/mol. The molecule has 1 heterocycles. The van der Waals surface area contributed by atoms with Crippen molar-refractivity contribution in [1.29, 1.82) is 0 Å². The Labute approximate surface area is 117 Å². The van der Waals surface area contributed by atoms with Gasteiger partial charge in [0, 0.05) is 32.7 Å². The number of rotatable bonds is 6. The van der Waals surface area contributed by atoms with Crippen LogP contribution in [0.3, 0.4) is 0 Å². The highest BCUT2D eigenvalue weighted by molar-refractivity contribution is 5.10. The van der Waals surface area contributed by atoms with Crippen LogP contribution >= 0.6 is 0 Å². The third-order valence-corrected chi connectivity index (χ3v) is 4.26. The molecule has 108 valence electrons. The third kappa shape index (κ3) is 3.80. The number of aryl methyl sites for hydroxylation is 2. The summed E-state index contributed by atoms with van der Waals surface area (Å²) in [7, 11) is 2.05. The second-order valence-electron chi connectivity index (χ2n) is 5.66. The summed E-state index contributed by atoms with van der Waals surface area (Å²) in [4.78, 5) is 2.57. The van der Waals surface area contributed by atoms with Gasteiger partial charge in [0.25, 0.3) is 0 Å². The Morgan fingerprint density at radius 1 is 1.37 bits per heavy atom. The van der Waals surface area contributed by atoms with Gasteiger partial charge in [0.2, 0.25) is 0 Å². The van der Waals surface area contributed by atoms with Gasteiger partial charge in [-0.15, -0.1) is 0 Å². The quantitative estimate of drug-likeness (QED) is 0.855. The van der Waals surface area contributed by atoms with E-state index in [1.54, 1.807) is 0 Å². The Hall–Kier alpha value is -0.870. The maximum Gasteiger partial charge on any atom is 0.0625 e. The number of hydrogen-bond acceptors (Lipinski definition) is 3. The van der Waals surface area contributed by atoms with Crippen LogP contribution < -0.4 is 5.73 Å². The minimum Gasteiger partial charge on any atom is -0.329 e. The molecule has 0 radical (unpaired) electrons. The van der Waals surface area contributed by atoms with Crippen molar-refractivity contribution >= 4 is 0 Å². The molecule has 0 aromatic carbocycles. The van der Waals surface area contributed by atoms with Crippen LogP contribution in [-0.4, -0.2) is 33.8 Å². The molecular formula is C15H28N4. The van der Waals surface area contributed by atoms with Crippen molar-refractivity contribution in [3.05, 3.63) is 17.5 Å². The van der Waals surface area contributed by atoms with E-state index in [2.05, 4.69) is 30.0 Å². The van der Waals surface area contributed by atoms with Crippen molar-refractivity contribution in [1.82, 2.24) is 14.7 Å². The second kappa shape index (κ2) is 7.06. The molecule has 4 nitrogen and oxygen atoms in total. The monoisotopic (exact) mass is 264 g/mol. The molecule has 1 aromatic heterocycles. The molecule has 0 aliphatic heterocycles. The van der Waals surface area contributed by atoms with Crippen LogP contribution in [0.15, 0.2) is 6.07 Å². The molecule has 4 heteroatoms. The fourth-order valence-electron chi connectivity index (χ4n) is 3.10. The lowest BCUT2D eigenvalue weighted by molar-refractivity contribution is 0.149. The van der Waals surface area contributed by atoms with Crippen LogP contribution in [0.25, 0.3) is 0 Å². The van der Waals surface area contributed by atoms with Gasteiger partial charge in [0.05, 0.1) is 11.4 Å². The van der Waals surface area contributed by atoms with Crippen molar-refractivity contribution < 1.29 is 0 Å². The van der Waals surface area contributed by atoms with E-state index < -0.39 is 0 Å². The Morgan fingerprint density at radius 2 is 2.11 bits per heavy atom. The highest BCUT2D eigenvalue weighted by Gasteiger charge is 2.21. The van der Waals surface area contributed by atoms with E-state index in [-0.39, 0.29) is 0 Å². The molecule has 0 spiro atoms. The molecular weight excluding hydrogens is 236 g/mol. The first-order valence-corrected chi connectivity index (χ1v) is 7.70. The Bertz CT molecular complexity index is 379. The molecule has 0 bridgehead atoms. The van der Waals surface area contributed by atoms with Gasteiger partial charge in [-0.1, -0.05) is 26.2 Å². The van der Waals surface area contributed by atoms with Crippen LogP contribution in [-0.2, 0) is 20.0 Å². The van der Waals surface area contributed by atoms with Crippen LogP contribution in [0.5, 0.6) is 0 Å². The molecule has 1 fully saturated rings. The smallest absolute Gasteiger partial charge is 0.0625 e. The summed E-state index contributed by atoms with van der Waals surface area (Å²) in [5.74, 6) is 0. The lowest BCUT2D eigenvalue weighted by Gasteiger charge is -2.34. The predicted octanol–water partition coefficient (Wildman–Crippen LogP) is 2.08. The summed E-state index contributed by atoms with van der Waals surface area (Å²) < 4.78 is 2.03. The SMILES string of the molecule is CCc1cc(CN(CCN)C2CCCCC2)n(C)n1. The molecule has 0 unspecified atom stereocenters. The summed E-state index contributed by atoms with van der Waals surface area (Å²) >= 11 is 0. The van der Waals surface area contributed by atoms with Gasteiger partial charge >= 0.3 is 0 Å². The highest BCUT2D eigenvalue weighted by atomic mass is 15.3. The van der Waals surface area contributed by atoms with E-state index in [1.165, 1.54) is 43.5 Å². The molecule has 0 atom stereocenters. The van der Waals surface area contributed by atoms with E-state index in [1.807, 2.05) is 4.68 Å². The van der Waals surface area contributed by atoms with Crippen LogP contribution in [0.2, 0.25) is 0 Å². The van der Waals surface area contributed by atoms with E-state index in [0.29, 0.717) is 0 Å². The first kappa shape index (κ1) is 14.5. The minimum absolute atomic E-state index is 0.720. The van der Waals surface area contributed by atoms with Crippen LogP contribution in [0, 0.1) is 0 Å². The van der Waals surface area contributed by atoms with Gasteiger partial charge in [-0.3, -0.25) is 9.58 Å². The lowest BCUT2D eigenvalue weighted by Crippen LogP contribution is -2.39. The van der Waals surface area contributed by atoms with Crippen molar-refractivity contribution in [3.63, 3.8) is 0 Å². The zero-order valence-electron chi connectivity index (χ0n) is 12.4. The molecule has 19 heavy (non-hydrogen) atoms. The van der Waals surface area contributed by atoms with Crippen molar-refractivity contribution in [2.45, 2.75) is 58.0 Å². The summed E-state index contributed by atoms with van der Waals surface area (Å²) in [5, 5.41) is 4.55. The fraction of sp³-hybridized carbons (Fsp3) is 0.800. The number of nitrogens with zero attached hydrogens (tertiary/aromatic N) is 3. The fourth-order valence-corrected chi connectivity index (χ4v) is 3.10. The Kier molecular flexibility index (Phi) is 5.40. The van der Waals surface area contributed by atoms with E-state index in [4.69, 9.17) is 5.73 Å². The third-order valence-electron chi connectivity index (χ3n) is 4.26. The average molecular weight is 264 g/mol. The normalized spacial score (nSPS) is 17.3. The Morgan fingerprint density at radius 3 is 2.68 bits per heavy atom. The zero-order chi connectivity index (χ0) is 13.7. The van der Waals surface area contributed by atoms with Gasteiger partial charge in [0.1, 0.15) is 0 Å². The largest absolute Gasteiger partial charge is 0.329 e. The average Bonchev–Trinajstić information content (AvgIpc) is 2.80. The van der Waals surface area contributed by atoms with Gasteiger partial charge in [-0.25, -0.2) is 0 Å². The summed E-state index contributed by atoms with van der Waals surface area (Å²) in [6, 6.07) is 2.96. The molecule has 2 N–H and O–H groups in total. The summed E-state index contributed by atoms with van der Waals surface area (Å²) in [6.45, 7) is 4.89. The number of aromatic nitrogens is 2. The van der Waals surface area contributed by atoms with Crippen LogP contribution in [0.1, 0.15) is 50.4 Å². The molecule has 1 aromatic rings. The lowest BCUT2D eigenvalue weighted by atomic mass is 9.94. The standard InChI is InChI=1S/C15H28N4/c1-3-13-11-15(18(2)17-13)12-19(10-9-16)14-7-5-4-6-8-14/h11,14H,3-10,12,16H2,1-2H3. The van der Waals surface area contributed by atoms with Gasteiger partial charge in [-0.05, 0) is 25.3 Å². The van der Waals surface area contributed by atoms with Crippen LogP contribution in [0.4, 0.5) is 0 Å². The molecule has 1 saturated carbocycles. The van der Waals surface area contributed by atoms with Crippen molar-refractivity contribution in [2.24, 2.45) is 12.8 Å². The highest BCUT2D eigenvalue weighted by Crippen LogP contribution is 2.23. The molecule has 2 rings (SSSR count). The van der Waals surface area contributed by atoms with Crippen molar-refractivity contribution in [2.75, 3.05) is 13.1 Å². The van der Waals surface area contributed by atoms with Gasteiger partial charge in [-0.2, -0.15) is 5.10 Å². The van der Waals surface area contributed by atoms with E-state index in [0.717, 1.165) is 32.1 Å². The van der Waals surface area contributed by atoms with Gasteiger partial charge in [0.15, 0.2) is 0 Å². The van der Waals surface area contributed by atoms with Gasteiger partial charge < -0.3 is 5.73 Å². The van der Waals surface area contributed by atoms with E-state index >= 15 is 0 Å². The summed E-state index contributed by atoms with van der Waals surface area (Å²) in [5.41, 5.74) is 8.30. The first-order chi connectivity index (χ1) is 9.24. The first-order valence-electron chi connectivity index (χ1n) is 7.70. The molecule has 1 aliphatic carbocycles. The number of nitrogens with two attached hydrogens (primary N) is 1. The maximum atomic E-state index is 5.80. The van der Waals surface area contributed by atoms with E-state index in [9.17, 15) is 0 Å². The van der Waals surface area contributed by atoms with Crippen molar-refractivity contribution in [3.8, 4) is 0 Å². The summed E-state index contributed by atoms with van der Waals surface area (Å²) in [6.07, 6.45) is 7.82. The number of hydrogen-bond donors (Lipinski definition) is 1. The molecule has 0 amide bonds.